The van der Waals surface area contributed by atoms with Gasteiger partial charge in [0.1, 0.15) is 0 Å². The Bertz CT molecular complexity index is 449. The van der Waals surface area contributed by atoms with Crippen LogP contribution in [0.1, 0.15) is 42.5 Å². The topological polar surface area (TPSA) is 50.2 Å². The molecule has 0 atom stereocenters. The monoisotopic (exact) mass is 280 g/mol. The van der Waals surface area contributed by atoms with Gasteiger partial charge in [-0.05, 0) is 32.9 Å². The Balaban J connectivity index is 2.92. The van der Waals surface area contributed by atoms with Gasteiger partial charge in [-0.2, -0.15) is 5.10 Å². The van der Waals surface area contributed by atoms with Crippen LogP contribution in [-0.2, 0) is 19.9 Å². The number of likely N-dealkylation sites (N-methyl/N-ethyl adjacent to an activating group) is 1. The van der Waals surface area contributed by atoms with Gasteiger partial charge in [0, 0.05) is 20.1 Å². The van der Waals surface area contributed by atoms with Gasteiger partial charge in [0.25, 0.3) is 5.91 Å². The lowest BCUT2D eigenvalue weighted by Gasteiger charge is -2.11. The summed E-state index contributed by atoms with van der Waals surface area (Å²) in [5.41, 5.74) is 2.71. The van der Waals surface area contributed by atoms with Gasteiger partial charge in [0.2, 0.25) is 0 Å². The molecule has 0 spiro atoms. The molecule has 0 bridgehead atoms. The maximum Gasteiger partial charge on any atom is 0.255 e. The second-order valence-electron chi connectivity index (χ2n) is 5.90. The third kappa shape index (κ3) is 4.34. The minimum atomic E-state index is 0.00690. The van der Waals surface area contributed by atoms with Gasteiger partial charge >= 0.3 is 0 Å². The number of carbonyl (C=O) groups is 1. The number of aromatic nitrogens is 2. The largest absolute Gasteiger partial charge is 0.351 e. The number of hydrogen-bond acceptors (Lipinski definition) is 3. The lowest BCUT2D eigenvalue weighted by Crippen LogP contribution is -2.32. The van der Waals surface area contributed by atoms with E-state index >= 15 is 0 Å². The van der Waals surface area contributed by atoms with Crippen LogP contribution in [0.15, 0.2) is 0 Å². The van der Waals surface area contributed by atoms with E-state index in [0.29, 0.717) is 12.5 Å². The third-order valence-electron chi connectivity index (χ3n) is 3.25. The van der Waals surface area contributed by atoms with Crippen molar-refractivity contribution in [2.75, 3.05) is 27.2 Å². The summed E-state index contributed by atoms with van der Waals surface area (Å²) in [6.45, 7) is 7.85. The van der Waals surface area contributed by atoms with Gasteiger partial charge < -0.3 is 10.2 Å². The van der Waals surface area contributed by atoms with Crippen molar-refractivity contribution in [1.82, 2.24) is 20.0 Å². The van der Waals surface area contributed by atoms with E-state index in [9.17, 15) is 4.79 Å². The average Bonchev–Trinajstić information content (AvgIpc) is 2.63. The van der Waals surface area contributed by atoms with E-state index in [1.54, 1.807) is 0 Å². The van der Waals surface area contributed by atoms with Crippen LogP contribution in [0.2, 0.25) is 0 Å². The molecule has 1 aromatic rings. The summed E-state index contributed by atoms with van der Waals surface area (Å²) in [5, 5.41) is 7.53. The minimum absolute atomic E-state index is 0.00690. The van der Waals surface area contributed by atoms with Crippen LogP contribution >= 0.6 is 0 Å². The standard InChI is InChI=1S/C15H28N4O/c1-7-13-14(15(20)16-8-9-18(4)5)12(10-11(2)3)17-19(13)6/h11H,7-10H2,1-6H3,(H,16,20). The van der Waals surface area contributed by atoms with Crippen molar-refractivity contribution in [2.45, 2.75) is 33.6 Å². The normalized spacial score (nSPS) is 11.4. The molecule has 0 radical (unpaired) electrons. The summed E-state index contributed by atoms with van der Waals surface area (Å²) in [6.07, 6.45) is 1.66. The number of rotatable bonds is 7. The molecule has 0 saturated heterocycles. The van der Waals surface area contributed by atoms with Crippen LogP contribution < -0.4 is 5.32 Å². The summed E-state index contributed by atoms with van der Waals surface area (Å²) in [7, 11) is 5.91. The van der Waals surface area contributed by atoms with Crippen LogP contribution in [-0.4, -0.2) is 47.8 Å². The van der Waals surface area contributed by atoms with Crippen molar-refractivity contribution >= 4 is 5.91 Å². The summed E-state index contributed by atoms with van der Waals surface area (Å²) < 4.78 is 1.85. The van der Waals surface area contributed by atoms with Gasteiger partial charge in [-0.3, -0.25) is 9.48 Å². The molecule has 0 fully saturated rings. The number of amides is 1. The van der Waals surface area contributed by atoms with E-state index in [4.69, 9.17) is 0 Å². The van der Waals surface area contributed by atoms with Crippen molar-refractivity contribution in [1.29, 1.82) is 0 Å². The molecule has 5 nitrogen and oxygen atoms in total. The maximum absolute atomic E-state index is 12.4. The first-order chi connectivity index (χ1) is 9.36. The Morgan fingerprint density at radius 1 is 1.40 bits per heavy atom. The summed E-state index contributed by atoms with van der Waals surface area (Å²) in [4.78, 5) is 14.5. The predicted octanol–water partition coefficient (Wildman–Crippen LogP) is 1.47. The Morgan fingerprint density at radius 2 is 2.05 bits per heavy atom. The van der Waals surface area contributed by atoms with Gasteiger partial charge in [-0.1, -0.05) is 20.8 Å². The zero-order valence-electron chi connectivity index (χ0n) is 13.7. The van der Waals surface area contributed by atoms with Crippen LogP contribution in [0.3, 0.4) is 0 Å². The second kappa shape index (κ2) is 7.43. The Hall–Kier alpha value is -1.36. The molecule has 1 amide bonds. The van der Waals surface area contributed by atoms with E-state index in [1.165, 1.54) is 0 Å². The molecular weight excluding hydrogens is 252 g/mol. The Labute approximate surface area is 122 Å². The Morgan fingerprint density at radius 3 is 2.55 bits per heavy atom. The van der Waals surface area contributed by atoms with Gasteiger partial charge in [-0.25, -0.2) is 0 Å². The smallest absolute Gasteiger partial charge is 0.255 e. The molecule has 1 N–H and O–H groups in total. The van der Waals surface area contributed by atoms with Crippen LogP contribution in [0.4, 0.5) is 0 Å². The maximum atomic E-state index is 12.4. The molecule has 0 aliphatic rings. The quantitative estimate of drug-likeness (QED) is 0.823. The molecule has 1 rings (SSSR count). The van der Waals surface area contributed by atoms with Crippen LogP contribution in [0.5, 0.6) is 0 Å². The summed E-state index contributed by atoms with van der Waals surface area (Å²) in [5.74, 6) is 0.496. The van der Waals surface area contributed by atoms with Gasteiger partial charge in [0.05, 0.1) is 17.0 Å². The minimum Gasteiger partial charge on any atom is -0.351 e. The second-order valence-corrected chi connectivity index (χ2v) is 5.90. The highest BCUT2D eigenvalue weighted by molar-refractivity contribution is 5.96. The Kier molecular flexibility index (Phi) is 6.20. The van der Waals surface area contributed by atoms with E-state index in [0.717, 1.165) is 36.3 Å². The number of nitrogens with one attached hydrogen (secondary N) is 1. The number of aryl methyl sites for hydroxylation is 1. The van der Waals surface area contributed by atoms with Crippen molar-refractivity contribution in [3.63, 3.8) is 0 Å². The molecule has 0 aromatic carbocycles. The first-order valence-corrected chi connectivity index (χ1v) is 7.34. The summed E-state index contributed by atoms with van der Waals surface area (Å²) >= 11 is 0. The zero-order chi connectivity index (χ0) is 15.3. The van der Waals surface area contributed by atoms with E-state index in [1.807, 2.05) is 25.8 Å². The van der Waals surface area contributed by atoms with Crippen LogP contribution in [0, 0.1) is 5.92 Å². The van der Waals surface area contributed by atoms with E-state index in [-0.39, 0.29) is 5.91 Å². The van der Waals surface area contributed by atoms with Crippen LogP contribution in [0.25, 0.3) is 0 Å². The molecule has 0 unspecified atom stereocenters. The summed E-state index contributed by atoms with van der Waals surface area (Å²) in [6, 6.07) is 0. The SMILES string of the molecule is CCc1c(C(=O)NCCN(C)C)c(CC(C)C)nn1C. The highest BCUT2D eigenvalue weighted by Gasteiger charge is 2.21. The first kappa shape index (κ1) is 16.7. The average molecular weight is 280 g/mol. The van der Waals surface area contributed by atoms with Crippen molar-refractivity contribution in [2.24, 2.45) is 13.0 Å². The molecule has 5 heteroatoms. The predicted molar refractivity (Wildman–Crippen MR) is 82.0 cm³/mol. The molecule has 0 aliphatic carbocycles. The lowest BCUT2D eigenvalue weighted by molar-refractivity contribution is 0.0949. The van der Waals surface area contributed by atoms with Gasteiger partial charge in [-0.15, -0.1) is 0 Å². The van der Waals surface area contributed by atoms with E-state index in [2.05, 4.69) is 36.1 Å². The van der Waals surface area contributed by atoms with E-state index < -0.39 is 0 Å². The number of carbonyl (C=O) groups excluding carboxylic acids is 1. The zero-order valence-corrected chi connectivity index (χ0v) is 13.7. The first-order valence-electron chi connectivity index (χ1n) is 7.34. The molecule has 0 saturated carbocycles. The highest BCUT2D eigenvalue weighted by atomic mass is 16.1. The fraction of sp³-hybridized carbons (Fsp3) is 0.733. The van der Waals surface area contributed by atoms with Gasteiger partial charge in [0.15, 0.2) is 0 Å². The number of hydrogen-bond donors (Lipinski definition) is 1. The molecule has 1 aromatic heterocycles. The molecule has 1 heterocycles. The fourth-order valence-corrected chi connectivity index (χ4v) is 2.30. The van der Waals surface area contributed by atoms with Crippen molar-refractivity contribution in [3.05, 3.63) is 17.0 Å². The third-order valence-corrected chi connectivity index (χ3v) is 3.25. The highest BCUT2D eigenvalue weighted by Crippen LogP contribution is 2.18. The lowest BCUT2D eigenvalue weighted by atomic mass is 10.0. The van der Waals surface area contributed by atoms with Crippen molar-refractivity contribution < 1.29 is 4.79 Å². The fourth-order valence-electron chi connectivity index (χ4n) is 2.30. The molecule has 0 aliphatic heterocycles. The van der Waals surface area contributed by atoms with Crippen molar-refractivity contribution in [3.8, 4) is 0 Å². The molecular formula is C15H28N4O. The molecule has 114 valence electrons. The molecule has 20 heavy (non-hydrogen) atoms. The number of nitrogens with zero attached hydrogens (tertiary/aromatic N) is 3.